The van der Waals surface area contributed by atoms with Gasteiger partial charge in [0.1, 0.15) is 34.3 Å². The van der Waals surface area contributed by atoms with Crippen molar-refractivity contribution in [3.05, 3.63) is 41.5 Å². The Bertz CT molecular complexity index is 657. The molecule has 0 atom stereocenters. The van der Waals surface area contributed by atoms with E-state index in [9.17, 15) is 25.2 Å². The molecule has 0 aromatic heterocycles. The van der Waals surface area contributed by atoms with E-state index >= 15 is 0 Å². The molecule has 0 unspecified atom stereocenters. The molecule has 0 aliphatic heterocycles. The largest absolute Gasteiger partial charge is 0.508 e. The molecule has 2 aromatic rings. The van der Waals surface area contributed by atoms with E-state index in [0.29, 0.717) is 0 Å². The van der Waals surface area contributed by atoms with Crippen LogP contribution in [-0.2, 0) is 0 Å². The molecular formula is C14H12O6. The van der Waals surface area contributed by atoms with Crippen LogP contribution in [0, 0.1) is 0 Å². The molecule has 6 heteroatoms. The zero-order chi connectivity index (χ0) is 14.9. The first-order valence-electron chi connectivity index (χ1n) is 5.60. The zero-order valence-corrected chi connectivity index (χ0v) is 10.5. The molecule has 0 heterocycles. The Labute approximate surface area is 114 Å². The second kappa shape index (κ2) is 5.00. The molecule has 104 valence electrons. The van der Waals surface area contributed by atoms with Crippen LogP contribution in [0.3, 0.4) is 0 Å². The molecular weight excluding hydrogens is 264 g/mol. The van der Waals surface area contributed by atoms with Crippen molar-refractivity contribution in [3.8, 4) is 28.7 Å². The highest BCUT2D eigenvalue weighted by Crippen LogP contribution is 2.35. The van der Waals surface area contributed by atoms with Crippen molar-refractivity contribution < 1.29 is 30.0 Å². The van der Waals surface area contributed by atoms with E-state index in [1.807, 2.05) is 0 Å². The van der Waals surface area contributed by atoms with Gasteiger partial charge in [-0.05, 0) is 12.1 Å². The van der Waals surface area contributed by atoms with Crippen LogP contribution in [0.5, 0.6) is 28.7 Å². The van der Waals surface area contributed by atoms with Crippen LogP contribution in [0.25, 0.3) is 0 Å². The van der Waals surface area contributed by atoms with Gasteiger partial charge >= 0.3 is 0 Å². The minimum absolute atomic E-state index is 0.0182. The Balaban J connectivity index is 2.58. The standard InChI is InChI=1S/C14H12O6/c1-20-12-6-10(17)5-11(18)13(12)14(19)7-2-8(15)4-9(16)3-7/h2-6,15-18H,1H3. The van der Waals surface area contributed by atoms with Crippen molar-refractivity contribution in [2.45, 2.75) is 0 Å². The van der Waals surface area contributed by atoms with E-state index in [1.54, 1.807) is 0 Å². The number of phenols is 4. The van der Waals surface area contributed by atoms with E-state index in [-0.39, 0.29) is 34.1 Å². The van der Waals surface area contributed by atoms with E-state index in [1.165, 1.54) is 13.2 Å². The van der Waals surface area contributed by atoms with Gasteiger partial charge in [-0.2, -0.15) is 0 Å². The number of carbonyl (C=O) groups excluding carboxylic acids is 1. The molecule has 2 rings (SSSR count). The topological polar surface area (TPSA) is 107 Å². The number of phenolic OH excluding ortho intramolecular Hbond substituents is 4. The van der Waals surface area contributed by atoms with Crippen LogP contribution < -0.4 is 4.74 Å². The molecule has 2 aromatic carbocycles. The van der Waals surface area contributed by atoms with E-state index < -0.39 is 11.5 Å². The lowest BCUT2D eigenvalue weighted by Crippen LogP contribution is -2.04. The Hall–Kier alpha value is -2.89. The normalized spacial score (nSPS) is 10.2. The van der Waals surface area contributed by atoms with E-state index in [0.717, 1.165) is 24.3 Å². The Kier molecular flexibility index (Phi) is 3.39. The van der Waals surface area contributed by atoms with E-state index in [2.05, 4.69) is 0 Å². The highest BCUT2D eigenvalue weighted by atomic mass is 16.5. The SMILES string of the molecule is COc1cc(O)cc(O)c1C(=O)c1cc(O)cc(O)c1. The Morgan fingerprint density at radius 3 is 2.00 bits per heavy atom. The zero-order valence-electron chi connectivity index (χ0n) is 10.5. The summed E-state index contributed by atoms with van der Waals surface area (Å²) in [6, 6.07) is 5.54. The summed E-state index contributed by atoms with van der Waals surface area (Å²) >= 11 is 0. The lowest BCUT2D eigenvalue weighted by atomic mass is 10.0. The van der Waals surface area contributed by atoms with Crippen molar-refractivity contribution in [2.24, 2.45) is 0 Å². The number of ketones is 1. The minimum atomic E-state index is -0.662. The fraction of sp³-hybridized carbons (Fsp3) is 0.0714. The van der Waals surface area contributed by atoms with Gasteiger partial charge in [0.15, 0.2) is 0 Å². The third kappa shape index (κ3) is 2.44. The van der Waals surface area contributed by atoms with Crippen molar-refractivity contribution in [3.63, 3.8) is 0 Å². The van der Waals surface area contributed by atoms with E-state index in [4.69, 9.17) is 4.74 Å². The first kappa shape index (κ1) is 13.5. The van der Waals surface area contributed by atoms with Crippen LogP contribution in [-0.4, -0.2) is 33.3 Å². The van der Waals surface area contributed by atoms with Crippen molar-refractivity contribution in [2.75, 3.05) is 7.11 Å². The van der Waals surface area contributed by atoms with Gasteiger partial charge < -0.3 is 25.2 Å². The summed E-state index contributed by atoms with van der Waals surface area (Å²) < 4.78 is 4.94. The van der Waals surface area contributed by atoms with Crippen LogP contribution in [0.1, 0.15) is 15.9 Å². The van der Waals surface area contributed by atoms with Gasteiger partial charge in [-0.25, -0.2) is 0 Å². The lowest BCUT2D eigenvalue weighted by molar-refractivity contribution is 0.103. The predicted octanol–water partition coefficient (Wildman–Crippen LogP) is 1.75. The predicted molar refractivity (Wildman–Crippen MR) is 69.5 cm³/mol. The number of hydrogen-bond donors (Lipinski definition) is 4. The highest BCUT2D eigenvalue weighted by molar-refractivity contribution is 6.13. The summed E-state index contributed by atoms with van der Waals surface area (Å²) in [7, 11) is 1.28. The number of carbonyl (C=O) groups is 1. The maximum absolute atomic E-state index is 12.3. The number of ether oxygens (including phenoxy) is 1. The van der Waals surface area contributed by atoms with Gasteiger partial charge in [-0.1, -0.05) is 0 Å². The number of aromatic hydroxyl groups is 4. The molecule has 0 aliphatic carbocycles. The van der Waals surface area contributed by atoms with Gasteiger partial charge in [0.25, 0.3) is 0 Å². The molecule has 0 saturated heterocycles. The fourth-order valence-electron chi connectivity index (χ4n) is 1.85. The summed E-state index contributed by atoms with van der Waals surface area (Å²) in [6.07, 6.45) is 0. The maximum Gasteiger partial charge on any atom is 0.200 e. The molecule has 0 bridgehead atoms. The van der Waals surface area contributed by atoms with Crippen molar-refractivity contribution >= 4 is 5.78 Å². The van der Waals surface area contributed by atoms with Gasteiger partial charge in [0.05, 0.1) is 7.11 Å². The van der Waals surface area contributed by atoms with Crippen LogP contribution in [0.4, 0.5) is 0 Å². The number of rotatable bonds is 3. The quantitative estimate of drug-likeness (QED) is 0.636. The third-order valence-electron chi connectivity index (χ3n) is 2.68. The Morgan fingerprint density at radius 2 is 1.45 bits per heavy atom. The summed E-state index contributed by atoms with van der Waals surface area (Å²) in [5.74, 6) is -1.97. The smallest absolute Gasteiger partial charge is 0.200 e. The van der Waals surface area contributed by atoms with Crippen LogP contribution in [0.2, 0.25) is 0 Å². The molecule has 6 nitrogen and oxygen atoms in total. The summed E-state index contributed by atoms with van der Waals surface area (Å²) in [4.78, 5) is 12.3. The maximum atomic E-state index is 12.3. The number of benzene rings is 2. The Morgan fingerprint density at radius 1 is 0.900 bits per heavy atom. The van der Waals surface area contributed by atoms with Gasteiger partial charge in [-0.3, -0.25) is 4.79 Å². The molecule has 0 fully saturated rings. The number of methoxy groups -OCH3 is 1. The van der Waals surface area contributed by atoms with Crippen LogP contribution in [0.15, 0.2) is 30.3 Å². The molecule has 0 aliphatic rings. The molecule has 20 heavy (non-hydrogen) atoms. The molecule has 0 spiro atoms. The van der Waals surface area contributed by atoms with Crippen LogP contribution >= 0.6 is 0 Å². The molecule has 0 amide bonds. The average molecular weight is 276 g/mol. The minimum Gasteiger partial charge on any atom is -0.508 e. The summed E-state index contributed by atoms with van der Waals surface area (Å²) in [5, 5.41) is 37.9. The van der Waals surface area contributed by atoms with Gasteiger partial charge in [0, 0.05) is 23.8 Å². The summed E-state index contributed by atoms with van der Waals surface area (Å²) in [5.41, 5.74) is -0.197. The molecule has 0 saturated carbocycles. The van der Waals surface area contributed by atoms with Gasteiger partial charge in [-0.15, -0.1) is 0 Å². The molecule has 4 N–H and O–H groups in total. The first-order chi connectivity index (χ1) is 9.42. The average Bonchev–Trinajstić information content (AvgIpc) is 2.35. The highest BCUT2D eigenvalue weighted by Gasteiger charge is 2.21. The number of hydrogen-bond acceptors (Lipinski definition) is 6. The summed E-state index contributed by atoms with van der Waals surface area (Å²) in [6.45, 7) is 0. The van der Waals surface area contributed by atoms with Crippen molar-refractivity contribution in [1.82, 2.24) is 0 Å². The second-order valence-corrected chi connectivity index (χ2v) is 4.11. The lowest BCUT2D eigenvalue weighted by Gasteiger charge is -2.11. The first-order valence-corrected chi connectivity index (χ1v) is 5.60. The van der Waals surface area contributed by atoms with Gasteiger partial charge in [0.2, 0.25) is 5.78 Å². The van der Waals surface area contributed by atoms with Crippen molar-refractivity contribution in [1.29, 1.82) is 0 Å². The monoisotopic (exact) mass is 276 g/mol. The molecule has 0 radical (unpaired) electrons. The fourth-order valence-corrected chi connectivity index (χ4v) is 1.85. The second-order valence-electron chi connectivity index (χ2n) is 4.11. The third-order valence-corrected chi connectivity index (χ3v) is 2.68.